The van der Waals surface area contributed by atoms with Crippen LogP contribution in [-0.2, 0) is 14.8 Å². The molecule has 0 aliphatic carbocycles. The fraction of sp³-hybridized carbons (Fsp3) is 0.364. The fourth-order valence-corrected chi connectivity index (χ4v) is 4.64. The van der Waals surface area contributed by atoms with E-state index in [1.807, 2.05) is 18.2 Å². The molecule has 2 N–H and O–H groups in total. The number of fused-ring (bicyclic) bond motifs is 1. The van der Waals surface area contributed by atoms with Crippen molar-refractivity contribution in [3.63, 3.8) is 0 Å². The van der Waals surface area contributed by atoms with Crippen LogP contribution in [0.4, 0.5) is 5.69 Å². The van der Waals surface area contributed by atoms with E-state index >= 15 is 0 Å². The van der Waals surface area contributed by atoms with Gasteiger partial charge in [-0.3, -0.25) is 14.5 Å². The molecule has 0 saturated carbocycles. The highest BCUT2D eigenvalue weighted by Crippen LogP contribution is 2.32. The normalized spacial score (nSPS) is 17.3. The lowest BCUT2D eigenvalue weighted by molar-refractivity contribution is -0.117. The van der Waals surface area contributed by atoms with Crippen molar-refractivity contribution >= 4 is 27.5 Å². The Hall–Kier alpha value is -2.67. The molecule has 2 aromatic rings. The first kappa shape index (κ1) is 21.0. The number of carbonyl (C=O) groups is 1. The number of amidine groups is 1. The Morgan fingerprint density at radius 3 is 2.10 bits per heavy atom. The van der Waals surface area contributed by atoms with Crippen LogP contribution in [0.15, 0.2) is 52.4 Å². The summed E-state index contributed by atoms with van der Waals surface area (Å²) in [5, 5.41) is 3.04. The summed E-state index contributed by atoms with van der Waals surface area (Å²) in [5.74, 6) is 0.416. The third-order valence-corrected chi connectivity index (χ3v) is 6.38. The van der Waals surface area contributed by atoms with Crippen molar-refractivity contribution in [1.29, 1.82) is 0 Å². The molecular weight excluding hydrogens is 386 g/mol. The molecule has 7 heteroatoms. The van der Waals surface area contributed by atoms with Gasteiger partial charge >= 0.3 is 0 Å². The lowest BCUT2D eigenvalue weighted by Crippen LogP contribution is -2.29. The molecule has 1 heterocycles. The molecule has 154 valence electrons. The average Bonchev–Trinajstić information content (AvgIpc) is 2.92. The second-order valence-corrected chi connectivity index (χ2v) is 9.52. The SMILES string of the molecule is CC(C)c1cccc(C(C)C)c1NC(=O)[C@H](C)N=C1NS(=O)(=O)c2ccccc21. The van der Waals surface area contributed by atoms with Crippen LogP contribution in [0.25, 0.3) is 0 Å². The molecule has 3 rings (SSSR count). The van der Waals surface area contributed by atoms with Gasteiger partial charge in [0.1, 0.15) is 11.9 Å². The Morgan fingerprint density at radius 2 is 1.52 bits per heavy atom. The van der Waals surface area contributed by atoms with E-state index in [1.165, 1.54) is 6.07 Å². The molecule has 0 fully saturated rings. The van der Waals surface area contributed by atoms with Crippen LogP contribution < -0.4 is 10.0 Å². The van der Waals surface area contributed by atoms with Gasteiger partial charge in [-0.1, -0.05) is 58.0 Å². The van der Waals surface area contributed by atoms with Gasteiger partial charge in [-0.15, -0.1) is 0 Å². The summed E-state index contributed by atoms with van der Waals surface area (Å²) in [6.45, 7) is 10.0. The van der Waals surface area contributed by atoms with E-state index in [0.717, 1.165) is 16.8 Å². The first-order valence-electron chi connectivity index (χ1n) is 9.75. The summed E-state index contributed by atoms with van der Waals surface area (Å²) in [6, 6.07) is 11.9. The Bertz CT molecular complexity index is 1050. The maximum absolute atomic E-state index is 12.9. The Kier molecular flexibility index (Phi) is 5.80. The molecular formula is C22H27N3O3S. The molecule has 6 nitrogen and oxygen atoms in total. The van der Waals surface area contributed by atoms with Gasteiger partial charge < -0.3 is 5.32 Å². The number of nitrogens with one attached hydrogen (secondary N) is 2. The number of amides is 1. The van der Waals surface area contributed by atoms with Gasteiger partial charge in [0.15, 0.2) is 0 Å². The first-order valence-corrected chi connectivity index (χ1v) is 11.2. The summed E-state index contributed by atoms with van der Waals surface area (Å²) in [4.78, 5) is 17.5. The van der Waals surface area contributed by atoms with Crippen LogP contribution in [-0.4, -0.2) is 26.2 Å². The summed E-state index contributed by atoms with van der Waals surface area (Å²) in [6.07, 6.45) is 0. The molecule has 0 spiro atoms. The summed E-state index contributed by atoms with van der Waals surface area (Å²) in [5.41, 5.74) is 3.44. The van der Waals surface area contributed by atoms with Crippen LogP contribution in [0.2, 0.25) is 0 Å². The molecule has 0 unspecified atom stereocenters. The molecule has 1 atom stereocenters. The monoisotopic (exact) mass is 413 g/mol. The molecule has 0 bridgehead atoms. The van der Waals surface area contributed by atoms with E-state index < -0.39 is 16.1 Å². The van der Waals surface area contributed by atoms with Crippen LogP contribution in [0, 0.1) is 0 Å². The zero-order valence-electron chi connectivity index (χ0n) is 17.4. The van der Waals surface area contributed by atoms with Crippen molar-refractivity contribution in [2.24, 2.45) is 4.99 Å². The maximum Gasteiger partial charge on any atom is 0.263 e. The lowest BCUT2D eigenvalue weighted by Gasteiger charge is -2.21. The third-order valence-electron chi connectivity index (χ3n) is 4.99. The predicted molar refractivity (Wildman–Crippen MR) is 116 cm³/mol. The first-order chi connectivity index (χ1) is 13.6. The van der Waals surface area contributed by atoms with E-state index in [9.17, 15) is 13.2 Å². The zero-order valence-corrected chi connectivity index (χ0v) is 18.2. The van der Waals surface area contributed by atoms with Crippen LogP contribution in [0.3, 0.4) is 0 Å². The molecule has 0 aromatic heterocycles. The van der Waals surface area contributed by atoms with Crippen molar-refractivity contribution < 1.29 is 13.2 Å². The van der Waals surface area contributed by atoms with Gasteiger partial charge in [-0.2, -0.15) is 0 Å². The lowest BCUT2D eigenvalue weighted by atomic mass is 9.92. The van der Waals surface area contributed by atoms with Crippen molar-refractivity contribution in [2.45, 2.75) is 57.4 Å². The second-order valence-electron chi connectivity index (χ2n) is 7.87. The minimum atomic E-state index is -3.63. The fourth-order valence-electron chi connectivity index (χ4n) is 3.41. The van der Waals surface area contributed by atoms with E-state index in [-0.39, 0.29) is 28.5 Å². The molecule has 1 aliphatic rings. The van der Waals surface area contributed by atoms with E-state index in [1.54, 1.807) is 25.1 Å². The zero-order chi connectivity index (χ0) is 21.3. The van der Waals surface area contributed by atoms with E-state index in [2.05, 4.69) is 42.7 Å². The highest BCUT2D eigenvalue weighted by molar-refractivity contribution is 7.90. The summed E-state index contributed by atoms with van der Waals surface area (Å²) in [7, 11) is -3.63. The third kappa shape index (κ3) is 4.19. The number of hydrogen-bond acceptors (Lipinski definition) is 4. The van der Waals surface area contributed by atoms with Crippen LogP contribution in [0.5, 0.6) is 0 Å². The number of hydrogen-bond donors (Lipinski definition) is 2. The summed E-state index contributed by atoms with van der Waals surface area (Å²) >= 11 is 0. The summed E-state index contributed by atoms with van der Waals surface area (Å²) < 4.78 is 27.0. The highest BCUT2D eigenvalue weighted by atomic mass is 32.2. The van der Waals surface area contributed by atoms with E-state index in [0.29, 0.717) is 5.56 Å². The smallest absolute Gasteiger partial charge is 0.263 e. The molecule has 1 amide bonds. The standard InChI is InChI=1S/C22H27N3O3S/c1-13(2)16-10-8-11-17(14(3)4)20(16)24-22(26)15(5)23-21-18-9-6-7-12-19(18)29(27,28)25-21/h6-15H,1-5H3,(H,23,25)(H,24,26)/t15-/m0/s1. The molecule has 0 radical (unpaired) electrons. The number of para-hydroxylation sites is 1. The van der Waals surface area contributed by atoms with E-state index in [4.69, 9.17) is 0 Å². The average molecular weight is 414 g/mol. The number of rotatable bonds is 5. The molecule has 1 aliphatic heterocycles. The number of benzene rings is 2. The minimum absolute atomic E-state index is 0.179. The predicted octanol–water partition coefficient (Wildman–Crippen LogP) is 4.00. The number of aliphatic imine (C=N–C) groups is 1. The maximum atomic E-state index is 12.9. The van der Waals surface area contributed by atoms with Crippen LogP contribution >= 0.6 is 0 Å². The Labute approximate surface area is 172 Å². The Balaban J connectivity index is 1.91. The second kappa shape index (κ2) is 7.99. The number of carbonyl (C=O) groups excluding carboxylic acids is 1. The van der Waals surface area contributed by atoms with Crippen molar-refractivity contribution in [3.8, 4) is 0 Å². The van der Waals surface area contributed by atoms with Crippen molar-refractivity contribution in [1.82, 2.24) is 4.72 Å². The van der Waals surface area contributed by atoms with Gasteiger partial charge in [-0.25, -0.2) is 8.42 Å². The van der Waals surface area contributed by atoms with Crippen molar-refractivity contribution in [3.05, 3.63) is 59.2 Å². The van der Waals surface area contributed by atoms with Gasteiger partial charge in [0, 0.05) is 11.3 Å². The van der Waals surface area contributed by atoms with Crippen molar-refractivity contribution in [2.75, 3.05) is 5.32 Å². The topological polar surface area (TPSA) is 87.6 Å². The van der Waals surface area contributed by atoms with Gasteiger partial charge in [-0.05, 0) is 42.0 Å². The molecule has 0 saturated heterocycles. The quantitative estimate of drug-likeness (QED) is 0.777. The Morgan fingerprint density at radius 1 is 0.931 bits per heavy atom. The largest absolute Gasteiger partial charge is 0.324 e. The number of sulfonamides is 1. The molecule has 2 aromatic carbocycles. The molecule has 29 heavy (non-hydrogen) atoms. The van der Waals surface area contributed by atoms with Gasteiger partial charge in [0.25, 0.3) is 10.0 Å². The number of nitrogens with zero attached hydrogens (tertiary/aromatic N) is 1. The number of anilines is 1. The van der Waals surface area contributed by atoms with Crippen LogP contribution in [0.1, 0.15) is 63.1 Å². The minimum Gasteiger partial charge on any atom is -0.324 e. The highest BCUT2D eigenvalue weighted by Gasteiger charge is 2.31. The van der Waals surface area contributed by atoms with Gasteiger partial charge in [0.05, 0.1) is 4.90 Å². The van der Waals surface area contributed by atoms with Gasteiger partial charge in [0.2, 0.25) is 5.91 Å².